The van der Waals surface area contributed by atoms with E-state index in [1.54, 1.807) is 24.5 Å². The van der Waals surface area contributed by atoms with Crippen LogP contribution in [0.15, 0.2) is 83.5 Å². The highest BCUT2D eigenvalue weighted by molar-refractivity contribution is 6.11. The molecule has 6 rings (SSSR count). The van der Waals surface area contributed by atoms with Crippen LogP contribution in [0.2, 0.25) is 0 Å². The third-order valence-corrected chi connectivity index (χ3v) is 6.42. The molecule has 1 amide bonds. The molecule has 0 fully saturated rings. The van der Waals surface area contributed by atoms with Crippen molar-refractivity contribution >= 4 is 24.0 Å². The summed E-state index contributed by atoms with van der Waals surface area (Å²) in [7, 11) is 0. The summed E-state index contributed by atoms with van der Waals surface area (Å²) in [6.45, 7) is -0.00646. The van der Waals surface area contributed by atoms with Crippen LogP contribution in [0.25, 0.3) is 11.1 Å². The maximum absolute atomic E-state index is 14.0. The second-order valence-corrected chi connectivity index (χ2v) is 8.31. The number of fused-ring (bicyclic) bond motifs is 4. The molecule has 35 heavy (non-hydrogen) atoms. The molecule has 9 heteroatoms. The monoisotopic (exact) mass is 498 g/mol. The molecule has 4 heterocycles. The Labute approximate surface area is 204 Å². The topological polar surface area (TPSA) is 55.6 Å². The molecule has 2 aromatic heterocycles. The average Bonchev–Trinajstić information content (AvgIpc) is 3.53. The van der Waals surface area contributed by atoms with Gasteiger partial charge < -0.3 is 14.1 Å². The van der Waals surface area contributed by atoms with Gasteiger partial charge in [-0.3, -0.25) is 9.78 Å². The number of nitrogens with zero attached hydrogens (tertiary/aromatic N) is 2. The molecule has 0 aliphatic carbocycles. The van der Waals surface area contributed by atoms with E-state index in [2.05, 4.69) is 4.98 Å². The number of carbonyl (C=O) groups excluding carboxylic acids is 1. The Hall–Kier alpha value is -3.78. The van der Waals surface area contributed by atoms with Crippen LogP contribution >= 0.6 is 12.4 Å². The zero-order valence-corrected chi connectivity index (χ0v) is 18.9. The summed E-state index contributed by atoms with van der Waals surface area (Å²) in [5.74, 6) is -0.685. The largest absolute Gasteiger partial charge is 0.491 e. The Bertz CT molecular complexity index is 1420. The minimum atomic E-state index is -4.59. The fourth-order valence-electron chi connectivity index (χ4n) is 4.83. The normalized spacial score (nSPS) is 18.3. The summed E-state index contributed by atoms with van der Waals surface area (Å²) < 4.78 is 50.0. The second kappa shape index (κ2) is 8.16. The van der Waals surface area contributed by atoms with Crippen LogP contribution in [0.3, 0.4) is 0 Å². The molecule has 1 unspecified atom stereocenters. The Morgan fingerprint density at radius 2 is 1.71 bits per heavy atom. The van der Waals surface area contributed by atoms with Crippen molar-refractivity contribution < 1.29 is 27.1 Å². The molecule has 4 aromatic rings. The molecule has 0 radical (unpaired) electrons. The molecule has 0 N–H and O–H groups in total. The summed E-state index contributed by atoms with van der Waals surface area (Å²) in [4.78, 5) is 19.5. The number of hydrogen-bond acceptors (Lipinski definition) is 4. The summed E-state index contributed by atoms with van der Waals surface area (Å²) in [6, 6.07) is 18.9. The lowest BCUT2D eigenvalue weighted by Crippen LogP contribution is -2.42. The number of carbonyl (C=O) groups is 1. The first kappa shape index (κ1) is 23.0. The van der Waals surface area contributed by atoms with Gasteiger partial charge in [0.25, 0.3) is 0 Å². The molecule has 0 saturated carbocycles. The third-order valence-electron chi connectivity index (χ3n) is 6.42. The molecule has 2 aliphatic heterocycles. The maximum atomic E-state index is 14.0. The van der Waals surface area contributed by atoms with Crippen molar-refractivity contribution in [1.82, 2.24) is 4.98 Å². The van der Waals surface area contributed by atoms with Crippen LogP contribution in [-0.4, -0.2) is 17.5 Å². The fourth-order valence-corrected chi connectivity index (χ4v) is 4.83. The standard InChI is InChI=1S/C26H17F3N2O3.ClH/c27-26(28,29)23-8-6-18(34-23)14-31-21-4-2-1-3-19(21)25(24(31)32)15-33-22-7-5-17(13-20(22)25)16-9-11-30-12-10-16;/h1-13H,14-15H2;1H. The third kappa shape index (κ3) is 3.47. The lowest BCUT2D eigenvalue weighted by Gasteiger charge is -2.23. The predicted molar refractivity (Wildman–Crippen MR) is 125 cm³/mol. The van der Waals surface area contributed by atoms with Crippen LogP contribution in [0.1, 0.15) is 22.6 Å². The van der Waals surface area contributed by atoms with E-state index in [4.69, 9.17) is 9.15 Å². The minimum Gasteiger partial charge on any atom is -0.491 e. The van der Waals surface area contributed by atoms with Gasteiger partial charge in [-0.15, -0.1) is 12.4 Å². The first-order valence-electron chi connectivity index (χ1n) is 10.6. The number of amides is 1. The van der Waals surface area contributed by atoms with Gasteiger partial charge in [0.05, 0.1) is 6.54 Å². The van der Waals surface area contributed by atoms with Crippen molar-refractivity contribution in [3.8, 4) is 16.9 Å². The van der Waals surface area contributed by atoms with E-state index in [0.29, 0.717) is 11.4 Å². The van der Waals surface area contributed by atoms with Crippen LogP contribution in [0.4, 0.5) is 18.9 Å². The number of para-hydroxylation sites is 1. The van der Waals surface area contributed by atoms with Crippen molar-refractivity contribution in [3.63, 3.8) is 0 Å². The van der Waals surface area contributed by atoms with Crippen molar-refractivity contribution in [3.05, 3.63) is 102 Å². The highest BCUT2D eigenvalue weighted by Crippen LogP contribution is 2.53. The van der Waals surface area contributed by atoms with Gasteiger partial charge in [0.1, 0.15) is 23.5 Å². The number of ether oxygens (including phenoxy) is 1. The zero-order chi connectivity index (χ0) is 23.5. The summed E-state index contributed by atoms with van der Waals surface area (Å²) in [6.07, 6.45) is -1.19. The van der Waals surface area contributed by atoms with E-state index < -0.39 is 17.4 Å². The number of benzene rings is 2. The van der Waals surface area contributed by atoms with Gasteiger partial charge in [0.2, 0.25) is 11.7 Å². The number of alkyl halides is 3. The van der Waals surface area contributed by atoms with E-state index in [-0.39, 0.29) is 37.2 Å². The average molecular weight is 499 g/mol. The number of halogens is 4. The van der Waals surface area contributed by atoms with E-state index >= 15 is 0 Å². The van der Waals surface area contributed by atoms with Gasteiger partial charge in [0, 0.05) is 23.6 Å². The Morgan fingerprint density at radius 3 is 2.46 bits per heavy atom. The van der Waals surface area contributed by atoms with E-state index in [0.717, 1.165) is 28.3 Å². The lowest BCUT2D eigenvalue weighted by atomic mass is 9.76. The van der Waals surface area contributed by atoms with Gasteiger partial charge in [-0.1, -0.05) is 24.3 Å². The van der Waals surface area contributed by atoms with Crippen LogP contribution in [0, 0.1) is 0 Å². The number of pyridine rings is 1. The second-order valence-electron chi connectivity index (χ2n) is 8.31. The molecule has 178 valence electrons. The fraction of sp³-hybridized carbons (Fsp3) is 0.154. The molecule has 1 spiro atoms. The van der Waals surface area contributed by atoms with E-state index in [1.165, 1.54) is 11.0 Å². The van der Waals surface area contributed by atoms with Gasteiger partial charge in [0.15, 0.2) is 0 Å². The van der Waals surface area contributed by atoms with Crippen LogP contribution in [-0.2, 0) is 22.9 Å². The first-order chi connectivity index (χ1) is 16.4. The van der Waals surface area contributed by atoms with Crippen LogP contribution in [0.5, 0.6) is 5.75 Å². The van der Waals surface area contributed by atoms with E-state index in [1.807, 2.05) is 42.5 Å². The number of hydrogen-bond donors (Lipinski definition) is 0. The Balaban J connectivity index is 0.00000253. The molecular formula is C26H18ClF3N2O3. The SMILES string of the molecule is Cl.O=C1N(Cc2ccc(C(F)(F)F)o2)c2ccccc2C12COc1ccc(-c3ccncc3)cc12. The van der Waals surface area contributed by atoms with Crippen molar-refractivity contribution in [2.45, 2.75) is 18.1 Å². The Morgan fingerprint density at radius 1 is 0.943 bits per heavy atom. The van der Waals surface area contributed by atoms with Gasteiger partial charge >= 0.3 is 6.18 Å². The quantitative estimate of drug-likeness (QED) is 0.347. The molecule has 5 nitrogen and oxygen atoms in total. The maximum Gasteiger partial charge on any atom is 0.449 e. The molecule has 2 aliphatic rings. The Kier molecular flexibility index (Phi) is 5.36. The number of aromatic nitrogens is 1. The summed E-state index contributed by atoms with van der Waals surface area (Å²) in [5, 5.41) is 0. The minimum absolute atomic E-state index is 0. The van der Waals surface area contributed by atoms with Gasteiger partial charge in [-0.25, -0.2) is 0 Å². The zero-order valence-electron chi connectivity index (χ0n) is 18.1. The summed E-state index contributed by atoms with van der Waals surface area (Å²) in [5.41, 5.74) is 2.89. The molecule has 1 atom stereocenters. The van der Waals surface area contributed by atoms with Crippen LogP contribution < -0.4 is 9.64 Å². The molecule has 0 saturated heterocycles. The van der Waals surface area contributed by atoms with Crippen molar-refractivity contribution in [2.75, 3.05) is 11.5 Å². The van der Waals surface area contributed by atoms with Crippen molar-refractivity contribution in [2.24, 2.45) is 0 Å². The lowest BCUT2D eigenvalue weighted by molar-refractivity contribution is -0.153. The highest BCUT2D eigenvalue weighted by atomic mass is 35.5. The predicted octanol–water partition coefficient (Wildman–Crippen LogP) is 6.01. The number of anilines is 1. The number of rotatable bonds is 3. The summed E-state index contributed by atoms with van der Waals surface area (Å²) >= 11 is 0. The van der Waals surface area contributed by atoms with Gasteiger partial charge in [-0.2, -0.15) is 13.2 Å². The first-order valence-corrected chi connectivity index (χ1v) is 10.6. The molecule has 2 aromatic carbocycles. The van der Waals surface area contributed by atoms with E-state index in [9.17, 15) is 18.0 Å². The smallest absolute Gasteiger partial charge is 0.449 e. The highest BCUT2D eigenvalue weighted by Gasteiger charge is 2.57. The number of furan rings is 1. The molecular weight excluding hydrogens is 481 g/mol. The van der Waals surface area contributed by atoms with Crippen molar-refractivity contribution in [1.29, 1.82) is 0 Å². The van der Waals surface area contributed by atoms with Gasteiger partial charge in [-0.05, 0) is 59.2 Å². The molecule has 0 bridgehead atoms.